The molecule has 0 fully saturated rings. The van der Waals surface area contributed by atoms with E-state index in [1.807, 2.05) is 30.3 Å². The van der Waals surface area contributed by atoms with Gasteiger partial charge in [0.1, 0.15) is 5.78 Å². The van der Waals surface area contributed by atoms with E-state index in [0.717, 1.165) is 34.9 Å². The van der Waals surface area contributed by atoms with E-state index in [4.69, 9.17) is 4.74 Å². The number of aromatic nitrogens is 1. The Labute approximate surface area is 146 Å². The third-order valence-corrected chi connectivity index (χ3v) is 4.42. The number of pyridine rings is 1. The predicted octanol–water partition coefficient (Wildman–Crippen LogP) is 4.94. The Bertz CT molecular complexity index is 623. The highest BCUT2D eigenvalue weighted by Gasteiger charge is 2.20. The van der Waals surface area contributed by atoms with Crippen molar-refractivity contribution in [1.29, 1.82) is 0 Å². The van der Waals surface area contributed by atoms with E-state index >= 15 is 0 Å². The number of hydrogen-bond acceptors (Lipinski definition) is 3. The van der Waals surface area contributed by atoms with E-state index in [0.29, 0.717) is 12.3 Å². The molecule has 2 aromatic rings. The fourth-order valence-electron chi connectivity index (χ4n) is 2.58. The molecule has 1 unspecified atom stereocenters. The van der Waals surface area contributed by atoms with Gasteiger partial charge in [-0.05, 0) is 29.7 Å². The number of ether oxygens (including phenoxy) is 1. The lowest BCUT2D eigenvalue weighted by molar-refractivity contribution is -0.120. The van der Waals surface area contributed by atoms with E-state index < -0.39 is 0 Å². The molecule has 4 heteroatoms. The summed E-state index contributed by atoms with van der Waals surface area (Å²) in [5.41, 5.74) is 2.02. The molecule has 1 aromatic carbocycles. The summed E-state index contributed by atoms with van der Waals surface area (Å²) in [4.78, 5) is 17.0. The Morgan fingerprint density at radius 1 is 1.22 bits per heavy atom. The van der Waals surface area contributed by atoms with Gasteiger partial charge in [-0.1, -0.05) is 53.9 Å². The van der Waals surface area contributed by atoms with Crippen LogP contribution < -0.4 is 4.74 Å². The minimum atomic E-state index is -0.0508. The summed E-state index contributed by atoms with van der Waals surface area (Å²) in [5, 5.41) is 0. The third-order valence-electron chi connectivity index (χ3n) is 3.89. The van der Waals surface area contributed by atoms with Crippen LogP contribution in [-0.4, -0.2) is 17.9 Å². The molecule has 122 valence electrons. The van der Waals surface area contributed by atoms with Crippen LogP contribution in [0.25, 0.3) is 0 Å². The number of methoxy groups -OCH3 is 1. The highest BCUT2D eigenvalue weighted by atomic mass is 79.9. The van der Waals surface area contributed by atoms with Crippen LogP contribution in [0.1, 0.15) is 43.2 Å². The van der Waals surface area contributed by atoms with Crippen molar-refractivity contribution < 1.29 is 9.53 Å². The van der Waals surface area contributed by atoms with Gasteiger partial charge in [0.05, 0.1) is 7.11 Å². The minimum Gasteiger partial charge on any atom is -0.481 e. The van der Waals surface area contributed by atoms with Crippen LogP contribution in [0.2, 0.25) is 0 Å². The molecule has 23 heavy (non-hydrogen) atoms. The van der Waals surface area contributed by atoms with Gasteiger partial charge in [0, 0.05) is 29.1 Å². The zero-order valence-corrected chi connectivity index (χ0v) is 15.2. The van der Waals surface area contributed by atoms with Crippen molar-refractivity contribution in [2.24, 2.45) is 0 Å². The molecule has 0 N–H and O–H groups in total. The van der Waals surface area contributed by atoms with Crippen LogP contribution >= 0.6 is 15.9 Å². The predicted molar refractivity (Wildman–Crippen MR) is 95.9 cm³/mol. The number of halogens is 1. The van der Waals surface area contributed by atoms with Crippen molar-refractivity contribution >= 4 is 21.7 Å². The van der Waals surface area contributed by atoms with Crippen molar-refractivity contribution in [2.75, 3.05) is 7.11 Å². The molecule has 0 aliphatic heterocycles. The second kappa shape index (κ2) is 8.82. The van der Waals surface area contributed by atoms with E-state index in [-0.39, 0.29) is 11.7 Å². The topological polar surface area (TPSA) is 39.2 Å². The molecule has 0 aliphatic rings. The van der Waals surface area contributed by atoms with Gasteiger partial charge in [-0.2, -0.15) is 0 Å². The Balaban J connectivity index is 2.13. The molecule has 0 bridgehead atoms. The van der Waals surface area contributed by atoms with Crippen LogP contribution in [0.5, 0.6) is 5.88 Å². The molecule has 3 nitrogen and oxygen atoms in total. The van der Waals surface area contributed by atoms with Gasteiger partial charge in [0.15, 0.2) is 0 Å². The molecular formula is C19H22BrNO2. The second-order valence-electron chi connectivity index (χ2n) is 5.60. The first-order valence-electron chi connectivity index (χ1n) is 7.91. The second-order valence-corrected chi connectivity index (χ2v) is 6.51. The summed E-state index contributed by atoms with van der Waals surface area (Å²) in [6.45, 7) is 2.15. The number of Topliss-reactive ketones (excluding diaryl/α,β-unsaturated/α-hetero) is 1. The normalized spacial score (nSPS) is 12.0. The smallest absolute Gasteiger partial charge is 0.212 e. The third kappa shape index (κ3) is 5.17. The lowest BCUT2D eigenvalue weighted by Gasteiger charge is -2.16. The molecule has 0 amide bonds. The number of benzene rings is 1. The number of carbonyl (C=O) groups excluding carboxylic acids is 1. The lowest BCUT2D eigenvalue weighted by atomic mass is 9.87. The van der Waals surface area contributed by atoms with Crippen LogP contribution in [0, 0.1) is 0 Å². The van der Waals surface area contributed by atoms with Crippen molar-refractivity contribution in [3.05, 3.63) is 58.2 Å². The van der Waals surface area contributed by atoms with Gasteiger partial charge in [-0.15, -0.1) is 0 Å². The maximum absolute atomic E-state index is 12.8. The summed E-state index contributed by atoms with van der Waals surface area (Å²) >= 11 is 3.45. The SMILES string of the molecule is CCCCC(C(=O)Cc1ccc(OC)nc1)c1ccc(Br)cc1. The summed E-state index contributed by atoms with van der Waals surface area (Å²) in [5.74, 6) is 0.759. The van der Waals surface area contributed by atoms with E-state index in [1.165, 1.54) is 0 Å². The maximum Gasteiger partial charge on any atom is 0.212 e. The van der Waals surface area contributed by atoms with Gasteiger partial charge in [-0.3, -0.25) is 4.79 Å². The fraction of sp³-hybridized carbons (Fsp3) is 0.368. The van der Waals surface area contributed by atoms with Crippen molar-refractivity contribution in [3.8, 4) is 5.88 Å². The standard InChI is InChI=1S/C19H22BrNO2/c1-3-4-5-17(15-7-9-16(20)10-8-15)18(22)12-14-6-11-19(23-2)21-13-14/h6-11,13,17H,3-5,12H2,1-2H3. The molecular weight excluding hydrogens is 354 g/mol. The first kappa shape index (κ1) is 17.7. The summed E-state index contributed by atoms with van der Waals surface area (Å²) in [6, 6.07) is 11.8. The minimum absolute atomic E-state index is 0.0508. The zero-order chi connectivity index (χ0) is 16.7. The Morgan fingerprint density at radius 2 is 1.96 bits per heavy atom. The maximum atomic E-state index is 12.8. The average Bonchev–Trinajstić information content (AvgIpc) is 2.57. The van der Waals surface area contributed by atoms with Crippen molar-refractivity contribution in [3.63, 3.8) is 0 Å². The molecule has 0 radical (unpaired) electrons. The molecule has 0 spiro atoms. The van der Waals surface area contributed by atoms with Gasteiger partial charge in [0.25, 0.3) is 0 Å². The van der Waals surface area contributed by atoms with Crippen molar-refractivity contribution in [2.45, 2.75) is 38.5 Å². The van der Waals surface area contributed by atoms with Gasteiger partial charge < -0.3 is 4.74 Å². The Kier molecular flexibility index (Phi) is 6.78. The lowest BCUT2D eigenvalue weighted by Crippen LogP contribution is -2.15. The largest absolute Gasteiger partial charge is 0.481 e. The molecule has 0 aliphatic carbocycles. The van der Waals surface area contributed by atoms with Crippen molar-refractivity contribution in [1.82, 2.24) is 4.98 Å². The Hall–Kier alpha value is -1.68. The summed E-state index contributed by atoms with van der Waals surface area (Å²) in [6.07, 6.45) is 5.15. The first-order valence-corrected chi connectivity index (χ1v) is 8.70. The summed E-state index contributed by atoms with van der Waals surface area (Å²) < 4.78 is 6.08. The van der Waals surface area contributed by atoms with Gasteiger partial charge in [0.2, 0.25) is 5.88 Å². The number of unbranched alkanes of at least 4 members (excludes halogenated alkanes) is 1. The first-order chi connectivity index (χ1) is 11.1. The van der Waals surface area contributed by atoms with Gasteiger partial charge >= 0.3 is 0 Å². The quantitative estimate of drug-likeness (QED) is 0.655. The Morgan fingerprint density at radius 3 is 2.52 bits per heavy atom. The number of rotatable bonds is 8. The molecule has 2 rings (SSSR count). The van der Waals surface area contributed by atoms with Crippen LogP contribution in [0.4, 0.5) is 0 Å². The summed E-state index contributed by atoms with van der Waals surface area (Å²) in [7, 11) is 1.58. The number of carbonyl (C=O) groups is 1. The molecule has 1 heterocycles. The number of ketones is 1. The monoisotopic (exact) mass is 375 g/mol. The van der Waals surface area contributed by atoms with Crippen LogP contribution in [0.3, 0.4) is 0 Å². The number of hydrogen-bond donors (Lipinski definition) is 0. The van der Waals surface area contributed by atoms with E-state index in [9.17, 15) is 4.79 Å². The zero-order valence-electron chi connectivity index (χ0n) is 13.6. The highest BCUT2D eigenvalue weighted by molar-refractivity contribution is 9.10. The van der Waals surface area contributed by atoms with Gasteiger partial charge in [-0.25, -0.2) is 4.98 Å². The van der Waals surface area contributed by atoms with Crippen LogP contribution in [-0.2, 0) is 11.2 Å². The number of nitrogens with zero attached hydrogens (tertiary/aromatic N) is 1. The molecule has 1 atom stereocenters. The molecule has 0 saturated carbocycles. The van der Waals surface area contributed by atoms with E-state index in [1.54, 1.807) is 19.4 Å². The highest BCUT2D eigenvalue weighted by Crippen LogP contribution is 2.26. The van der Waals surface area contributed by atoms with E-state index in [2.05, 4.69) is 27.8 Å². The molecule has 0 saturated heterocycles. The van der Waals surface area contributed by atoms with Crippen LogP contribution in [0.15, 0.2) is 47.1 Å². The average molecular weight is 376 g/mol. The molecule has 1 aromatic heterocycles. The fourth-order valence-corrected chi connectivity index (χ4v) is 2.84.